The third kappa shape index (κ3) is 3.13. The van der Waals surface area contributed by atoms with Crippen molar-refractivity contribution in [3.8, 4) is 0 Å². The molecule has 0 saturated heterocycles. The van der Waals surface area contributed by atoms with Gasteiger partial charge in [0.15, 0.2) is 0 Å². The number of carbonyl (C=O) groups is 1. The van der Waals surface area contributed by atoms with Gasteiger partial charge in [-0.25, -0.2) is 0 Å². The van der Waals surface area contributed by atoms with Crippen LogP contribution in [0.1, 0.15) is 26.2 Å². The third-order valence-corrected chi connectivity index (χ3v) is 2.61. The average molecular weight is 234 g/mol. The van der Waals surface area contributed by atoms with E-state index in [2.05, 4.69) is 22.9 Å². The van der Waals surface area contributed by atoms with Crippen molar-refractivity contribution < 1.29 is 4.79 Å². The van der Waals surface area contributed by atoms with Gasteiger partial charge in [0, 0.05) is 24.8 Å². The predicted octanol–water partition coefficient (Wildman–Crippen LogP) is 2.03. The first kappa shape index (κ1) is 10.0. The van der Waals surface area contributed by atoms with Gasteiger partial charge in [0.05, 0.1) is 0 Å². The van der Waals surface area contributed by atoms with Crippen molar-refractivity contribution in [2.45, 2.75) is 26.2 Å². The Bertz CT molecular complexity index is 157. The van der Waals surface area contributed by atoms with Gasteiger partial charge in [-0.05, 0) is 25.7 Å². The van der Waals surface area contributed by atoms with Gasteiger partial charge in [0.2, 0.25) is 5.91 Å². The molecule has 1 rings (SSSR count). The quantitative estimate of drug-likeness (QED) is 0.666. The van der Waals surface area contributed by atoms with E-state index in [4.69, 9.17) is 0 Å². The zero-order chi connectivity index (χ0) is 8.97. The smallest absolute Gasteiger partial charge is 0.223 e. The molecule has 3 heteroatoms. The standard InChI is InChI=1S/C9H16BrNO/c1-2-11(7-8-3-4-8)9(12)5-6-10/h8H,2-7H2,1H3. The molecule has 0 N–H and O–H groups in total. The number of halogens is 1. The summed E-state index contributed by atoms with van der Waals surface area (Å²) in [6.07, 6.45) is 3.27. The van der Waals surface area contributed by atoms with Crippen molar-refractivity contribution >= 4 is 21.8 Å². The van der Waals surface area contributed by atoms with Gasteiger partial charge in [-0.15, -0.1) is 0 Å². The van der Waals surface area contributed by atoms with E-state index >= 15 is 0 Å². The monoisotopic (exact) mass is 233 g/mol. The molecule has 0 aromatic heterocycles. The first-order valence-electron chi connectivity index (χ1n) is 4.61. The number of hydrogen-bond donors (Lipinski definition) is 0. The van der Waals surface area contributed by atoms with Crippen molar-refractivity contribution in [2.75, 3.05) is 18.4 Å². The molecule has 1 fully saturated rings. The van der Waals surface area contributed by atoms with Crippen LogP contribution in [0.5, 0.6) is 0 Å². The minimum Gasteiger partial charge on any atom is -0.343 e. The van der Waals surface area contributed by atoms with Gasteiger partial charge < -0.3 is 4.90 Å². The summed E-state index contributed by atoms with van der Waals surface area (Å²) in [6, 6.07) is 0. The minimum absolute atomic E-state index is 0.293. The van der Waals surface area contributed by atoms with Gasteiger partial charge in [0.25, 0.3) is 0 Å². The maximum atomic E-state index is 11.4. The van der Waals surface area contributed by atoms with Crippen LogP contribution in [0.25, 0.3) is 0 Å². The van der Waals surface area contributed by atoms with E-state index < -0.39 is 0 Å². The topological polar surface area (TPSA) is 20.3 Å². The van der Waals surface area contributed by atoms with Crippen molar-refractivity contribution in [1.82, 2.24) is 4.90 Å². The van der Waals surface area contributed by atoms with E-state index in [1.807, 2.05) is 4.90 Å². The Kier molecular flexibility index (Phi) is 4.06. The van der Waals surface area contributed by atoms with Crippen LogP contribution in [-0.2, 0) is 4.79 Å². The molecular weight excluding hydrogens is 218 g/mol. The zero-order valence-electron chi connectivity index (χ0n) is 7.55. The molecule has 0 radical (unpaired) electrons. The summed E-state index contributed by atoms with van der Waals surface area (Å²) < 4.78 is 0. The Labute approximate surface area is 82.4 Å². The summed E-state index contributed by atoms with van der Waals surface area (Å²) in [4.78, 5) is 13.4. The van der Waals surface area contributed by atoms with Crippen LogP contribution in [0, 0.1) is 5.92 Å². The van der Waals surface area contributed by atoms with Crippen LogP contribution in [0.15, 0.2) is 0 Å². The highest BCUT2D eigenvalue weighted by Gasteiger charge is 2.25. The van der Waals surface area contributed by atoms with Gasteiger partial charge >= 0.3 is 0 Å². The van der Waals surface area contributed by atoms with Gasteiger partial charge in [-0.2, -0.15) is 0 Å². The highest BCUT2D eigenvalue weighted by atomic mass is 79.9. The molecular formula is C9H16BrNO. The van der Waals surface area contributed by atoms with Gasteiger partial charge in [-0.3, -0.25) is 4.79 Å². The fourth-order valence-electron chi connectivity index (χ4n) is 1.26. The SMILES string of the molecule is CCN(CC1CC1)C(=O)CCBr. The van der Waals surface area contributed by atoms with Crippen LogP contribution in [0.2, 0.25) is 0 Å². The van der Waals surface area contributed by atoms with Crippen molar-refractivity contribution in [3.05, 3.63) is 0 Å². The first-order chi connectivity index (χ1) is 5.77. The highest BCUT2D eigenvalue weighted by Crippen LogP contribution is 2.29. The normalized spacial score (nSPS) is 16.2. The van der Waals surface area contributed by atoms with Crippen LogP contribution in [-0.4, -0.2) is 29.2 Å². The summed E-state index contributed by atoms with van der Waals surface area (Å²) in [5.41, 5.74) is 0. The maximum absolute atomic E-state index is 11.4. The Morgan fingerprint density at radius 1 is 1.58 bits per heavy atom. The summed E-state index contributed by atoms with van der Waals surface area (Å²) in [6.45, 7) is 3.90. The molecule has 1 amide bonds. The molecule has 0 unspecified atom stereocenters. The molecule has 1 saturated carbocycles. The van der Waals surface area contributed by atoms with E-state index in [0.717, 1.165) is 24.3 Å². The Morgan fingerprint density at radius 3 is 2.67 bits per heavy atom. The Morgan fingerprint density at radius 2 is 2.25 bits per heavy atom. The van der Waals surface area contributed by atoms with Crippen LogP contribution >= 0.6 is 15.9 Å². The summed E-state index contributed by atoms with van der Waals surface area (Å²) in [5, 5.41) is 0.785. The number of nitrogens with zero attached hydrogens (tertiary/aromatic N) is 1. The van der Waals surface area contributed by atoms with Crippen molar-refractivity contribution in [2.24, 2.45) is 5.92 Å². The number of hydrogen-bond acceptors (Lipinski definition) is 1. The molecule has 0 bridgehead atoms. The molecule has 0 heterocycles. The van der Waals surface area contributed by atoms with E-state index in [9.17, 15) is 4.79 Å². The second kappa shape index (κ2) is 4.85. The van der Waals surface area contributed by atoms with Crippen LogP contribution in [0.3, 0.4) is 0 Å². The fourth-order valence-corrected chi connectivity index (χ4v) is 1.60. The van der Waals surface area contributed by atoms with Gasteiger partial charge in [0.1, 0.15) is 0 Å². The molecule has 2 nitrogen and oxygen atoms in total. The Hall–Kier alpha value is -0.0500. The lowest BCUT2D eigenvalue weighted by atomic mass is 10.3. The number of amides is 1. The second-order valence-electron chi connectivity index (χ2n) is 3.31. The van der Waals surface area contributed by atoms with Gasteiger partial charge in [-0.1, -0.05) is 15.9 Å². The lowest BCUT2D eigenvalue weighted by molar-refractivity contribution is -0.130. The number of rotatable bonds is 5. The van der Waals surface area contributed by atoms with E-state index in [1.54, 1.807) is 0 Å². The summed E-state index contributed by atoms with van der Waals surface area (Å²) in [5.74, 6) is 1.10. The van der Waals surface area contributed by atoms with E-state index in [0.29, 0.717) is 12.3 Å². The third-order valence-electron chi connectivity index (χ3n) is 2.22. The average Bonchev–Trinajstić information content (AvgIpc) is 2.84. The molecule has 12 heavy (non-hydrogen) atoms. The zero-order valence-corrected chi connectivity index (χ0v) is 9.14. The molecule has 0 aromatic carbocycles. The summed E-state index contributed by atoms with van der Waals surface area (Å²) >= 11 is 3.28. The van der Waals surface area contributed by atoms with E-state index in [-0.39, 0.29) is 0 Å². The number of carbonyl (C=O) groups excluding carboxylic acids is 1. The molecule has 0 aromatic rings. The fraction of sp³-hybridized carbons (Fsp3) is 0.889. The van der Waals surface area contributed by atoms with Crippen molar-refractivity contribution in [1.29, 1.82) is 0 Å². The molecule has 70 valence electrons. The van der Waals surface area contributed by atoms with Crippen LogP contribution in [0.4, 0.5) is 0 Å². The van der Waals surface area contributed by atoms with Crippen molar-refractivity contribution in [3.63, 3.8) is 0 Å². The number of alkyl halides is 1. The second-order valence-corrected chi connectivity index (χ2v) is 4.11. The predicted molar refractivity (Wildman–Crippen MR) is 53.4 cm³/mol. The molecule has 1 aliphatic rings. The maximum Gasteiger partial charge on any atom is 0.223 e. The van der Waals surface area contributed by atoms with Crippen LogP contribution < -0.4 is 0 Å². The largest absolute Gasteiger partial charge is 0.343 e. The molecule has 0 spiro atoms. The Balaban J connectivity index is 2.26. The molecule has 0 atom stereocenters. The minimum atomic E-state index is 0.293. The van der Waals surface area contributed by atoms with E-state index in [1.165, 1.54) is 12.8 Å². The lowest BCUT2D eigenvalue weighted by Gasteiger charge is -2.19. The first-order valence-corrected chi connectivity index (χ1v) is 5.73. The highest BCUT2D eigenvalue weighted by molar-refractivity contribution is 9.09. The summed E-state index contributed by atoms with van der Waals surface area (Å²) in [7, 11) is 0. The molecule has 0 aliphatic heterocycles. The lowest BCUT2D eigenvalue weighted by Crippen LogP contribution is -2.32. The molecule has 1 aliphatic carbocycles.